The highest BCUT2D eigenvalue weighted by atomic mass is 16.5. The zero-order valence-corrected chi connectivity index (χ0v) is 22.3. The molecule has 0 spiro atoms. The molecule has 2 aromatic rings. The van der Waals surface area contributed by atoms with E-state index in [1.165, 1.54) is 4.90 Å². The molecule has 37 heavy (non-hydrogen) atoms. The minimum absolute atomic E-state index is 0.0883. The number of rotatable bonds is 9. The second-order valence-electron chi connectivity index (χ2n) is 10.2. The second-order valence-corrected chi connectivity index (χ2v) is 10.2. The Morgan fingerprint density at radius 1 is 0.892 bits per heavy atom. The van der Waals surface area contributed by atoms with Crippen LogP contribution < -0.4 is 0 Å². The molecule has 7 heteroatoms. The smallest absolute Gasteiger partial charge is 0.248 e. The molecule has 3 amide bonds. The number of β-lactam (4-membered cyclic amide) rings is 1. The van der Waals surface area contributed by atoms with Crippen LogP contribution in [0.2, 0.25) is 0 Å². The van der Waals surface area contributed by atoms with Crippen LogP contribution in [0.1, 0.15) is 56.6 Å². The number of nitrogens with zero attached hydrogens (tertiary/aromatic N) is 3. The zero-order chi connectivity index (χ0) is 26.4. The van der Waals surface area contributed by atoms with Crippen LogP contribution in [0.15, 0.2) is 60.7 Å². The number of imide groups is 1. The summed E-state index contributed by atoms with van der Waals surface area (Å²) in [6.45, 7) is 6.91. The van der Waals surface area contributed by atoms with Gasteiger partial charge in [-0.25, -0.2) is 0 Å². The number of carbonyl (C=O) groups is 3. The highest BCUT2D eigenvalue weighted by molar-refractivity contribution is 6.04. The largest absolute Gasteiger partial charge is 0.347 e. The molecule has 2 saturated heterocycles. The van der Waals surface area contributed by atoms with Crippen molar-refractivity contribution in [3.05, 3.63) is 71.8 Å². The van der Waals surface area contributed by atoms with Crippen molar-refractivity contribution in [2.24, 2.45) is 5.41 Å². The van der Waals surface area contributed by atoms with Gasteiger partial charge in [0, 0.05) is 32.0 Å². The van der Waals surface area contributed by atoms with Gasteiger partial charge in [-0.2, -0.15) is 0 Å². The lowest BCUT2D eigenvalue weighted by Gasteiger charge is -2.54. The van der Waals surface area contributed by atoms with Gasteiger partial charge in [-0.15, -0.1) is 0 Å². The molecule has 2 aromatic carbocycles. The third-order valence-electron chi connectivity index (χ3n) is 8.10. The summed E-state index contributed by atoms with van der Waals surface area (Å²) in [5.74, 6) is -0.739. The molecule has 2 aliphatic heterocycles. The van der Waals surface area contributed by atoms with E-state index in [1.807, 2.05) is 79.4 Å². The van der Waals surface area contributed by atoms with Crippen molar-refractivity contribution in [3.8, 4) is 0 Å². The molecule has 2 fully saturated rings. The zero-order valence-electron chi connectivity index (χ0n) is 22.3. The first-order valence-corrected chi connectivity index (χ1v) is 13.5. The molecule has 4 rings (SSSR count). The van der Waals surface area contributed by atoms with Crippen LogP contribution in [0.4, 0.5) is 0 Å². The third-order valence-corrected chi connectivity index (χ3v) is 8.10. The van der Waals surface area contributed by atoms with Crippen LogP contribution in [0.3, 0.4) is 0 Å². The maximum Gasteiger partial charge on any atom is 0.248 e. The van der Waals surface area contributed by atoms with Crippen LogP contribution in [-0.2, 0) is 19.1 Å². The first-order valence-electron chi connectivity index (χ1n) is 13.5. The maximum absolute atomic E-state index is 13.7. The Kier molecular flexibility index (Phi) is 8.77. The van der Waals surface area contributed by atoms with Gasteiger partial charge in [0.1, 0.15) is 6.61 Å². The van der Waals surface area contributed by atoms with Crippen molar-refractivity contribution in [2.75, 3.05) is 39.8 Å². The van der Waals surface area contributed by atoms with Gasteiger partial charge in [-0.3, -0.25) is 19.3 Å². The summed E-state index contributed by atoms with van der Waals surface area (Å²) in [4.78, 5) is 45.4. The Morgan fingerprint density at radius 3 is 2.05 bits per heavy atom. The van der Waals surface area contributed by atoms with E-state index in [9.17, 15) is 14.4 Å². The summed E-state index contributed by atoms with van der Waals surface area (Å²) >= 11 is 0. The monoisotopic (exact) mass is 505 g/mol. The summed E-state index contributed by atoms with van der Waals surface area (Å²) < 4.78 is 6.14. The molecule has 2 heterocycles. The first-order chi connectivity index (χ1) is 17.9. The van der Waals surface area contributed by atoms with Gasteiger partial charge < -0.3 is 14.5 Å². The minimum Gasteiger partial charge on any atom is -0.347 e. The number of ether oxygens (including phenoxy) is 1. The molecule has 0 N–H and O–H groups in total. The van der Waals surface area contributed by atoms with Crippen molar-refractivity contribution in [3.63, 3.8) is 0 Å². The number of benzene rings is 2. The number of carbonyl (C=O) groups excluding carboxylic acids is 3. The lowest BCUT2D eigenvalue weighted by atomic mass is 9.71. The molecule has 198 valence electrons. The third kappa shape index (κ3) is 5.63. The van der Waals surface area contributed by atoms with E-state index in [0.29, 0.717) is 25.9 Å². The molecule has 0 radical (unpaired) electrons. The molecular weight excluding hydrogens is 466 g/mol. The van der Waals surface area contributed by atoms with Crippen molar-refractivity contribution in [2.45, 2.75) is 51.7 Å². The normalized spacial score (nSPS) is 20.0. The Labute approximate surface area is 220 Å². The number of amides is 3. The van der Waals surface area contributed by atoms with E-state index in [1.54, 1.807) is 0 Å². The Morgan fingerprint density at radius 2 is 1.49 bits per heavy atom. The Balaban J connectivity index is 1.51. The van der Waals surface area contributed by atoms with E-state index < -0.39 is 11.6 Å². The van der Waals surface area contributed by atoms with Crippen molar-refractivity contribution in [1.29, 1.82) is 0 Å². The highest BCUT2D eigenvalue weighted by Crippen LogP contribution is 2.46. The van der Waals surface area contributed by atoms with Crippen molar-refractivity contribution < 1.29 is 19.1 Å². The van der Waals surface area contributed by atoms with Gasteiger partial charge in [0.2, 0.25) is 17.7 Å². The Hall–Kier alpha value is -3.03. The quantitative estimate of drug-likeness (QED) is 0.484. The fourth-order valence-electron chi connectivity index (χ4n) is 5.62. The molecular formula is C30H39N3O4. The van der Waals surface area contributed by atoms with E-state index in [-0.39, 0.29) is 36.7 Å². The van der Waals surface area contributed by atoms with Crippen LogP contribution in [0.5, 0.6) is 0 Å². The lowest BCUT2D eigenvalue weighted by Crippen LogP contribution is -2.71. The molecule has 0 bridgehead atoms. The fourth-order valence-corrected chi connectivity index (χ4v) is 5.62. The molecule has 0 aliphatic carbocycles. The topological polar surface area (TPSA) is 70.2 Å². The van der Waals surface area contributed by atoms with E-state index in [0.717, 1.165) is 30.6 Å². The van der Waals surface area contributed by atoms with Gasteiger partial charge in [-0.05, 0) is 44.0 Å². The number of hydrogen-bond acceptors (Lipinski definition) is 5. The van der Waals surface area contributed by atoms with Gasteiger partial charge in [0.05, 0.1) is 5.41 Å². The predicted molar refractivity (Wildman–Crippen MR) is 143 cm³/mol. The molecule has 2 aliphatic rings. The summed E-state index contributed by atoms with van der Waals surface area (Å²) in [7, 11) is 2.06. The summed E-state index contributed by atoms with van der Waals surface area (Å²) in [5.41, 5.74) is 1.27. The van der Waals surface area contributed by atoms with E-state index in [4.69, 9.17) is 4.74 Å². The maximum atomic E-state index is 13.7. The number of hydrogen-bond donors (Lipinski definition) is 0. The average molecular weight is 506 g/mol. The lowest BCUT2D eigenvalue weighted by molar-refractivity contribution is -0.223. The summed E-state index contributed by atoms with van der Waals surface area (Å²) in [5, 5.41) is 0. The van der Waals surface area contributed by atoms with Gasteiger partial charge in [0.25, 0.3) is 0 Å². The van der Waals surface area contributed by atoms with Gasteiger partial charge >= 0.3 is 0 Å². The van der Waals surface area contributed by atoms with Crippen LogP contribution in [-0.4, -0.2) is 78.5 Å². The van der Waals surface area contributed by atoms with Crippen LogP contribution in [0.25, 0.3) is 0 Å². The minimum atomic E-state index is -0.774. The van der Waals surface area contributed by atoms with Crippen LogP contribution in [0, 0.1) is 5.41 Å². The average Bonchev–Trinajstić information content (AvgIpc) is 3.15. The number of likely N-dealkylation sites (N-methyl/N-ethyl adjacent to an activating group) is 1. The van der Waals surface area contributed by atoms with Gasteiger partial charge in [0.15, 0.2) is 6.23 Å². The Bertz CT molecular complexity index is 1030. The molecule has 1 unspecified atom stereocenters. The van der Waals surface area contributed by atoms with E-state index in [2.05, 4.69) is 11.9 Å². The number of likely N-dealkylation sites (tertiary alicyclic amines) is 1. The standard InChI is InChI=1S/C30H39N3O4/c1-4-30(5-2)28(36)33(29(30)37-22-27(35)32-18-12-17-31(3)19-20-32)26(34)21-25(23-13-8-6-9-14-23)24-15-10-7-11-16-24/h6-11,13-16,25,29H,4-5,12,17-22H2,1-3H3. The second kappa shape index (κ2) is 12.0. The van der Waals surface area contributed by atoms with E-state index >= 15 is 0 Å². The summed E-state index contributed by atoms with van der Waals surface area (Å²) in [6.07, 6.45) is 1.45. The predicted octanol–water partition coefficient (Wildman–Crippen LogP) is 3.89. The van der Waals surface area contributed by atoms with Crippen molar-refractivity contribution >= 4 is 17.7 Å². The first kappa shape index (κ1) is 27.0. The van der Waals surface area contributed by atoms with Crippen molar-refractivity contribution in [1.82, 2.24) is 14.7 Å². The molecule has 0 aromatic heterocycles. The fraction of sp³-hybridized carbons (Fsp3) is 0.500. The molecule has 1 atom stereocenters. The SMILES string of the molecule is CCC1(CC)C(=O)N(C(=O)CC(c2ccccc2)c2ccccc2)C1OCC(=O)N1CCCN(C)CC1. The van der Waals surface area contributed by atoms with Crippen LogP contribution >= 0.6 is 0 Å². The molecule has 0 saturated carbocycles. The molecule has 7 nitrogen and oxygen atoms in total. The van der Waals surface area contributed by atoms with Gasteiger partial charge in [-0.1, -0.05) is 74.5 Å². The highest BCUT2D eigenvalue weighted by Gasteiger charge is 2.61. The summed E-state index contributed by atoms with van der Waals surface area (Å²) in [6, 6.07) is 19.8.